The fraction of sp³-hybridized carbons (Fsp3) is 0. The molecular weight excluding hydrogens is 178 g/mol. The third-order valence-corrected chi connectivity index (χ3v) is 2.33. The first-order valence-corrected chi connectivity index (χ1v) is 4.52. The summed E-state index contributed by atoms with van der Waals surface area (Å²) in [6.45, 7) is 2.92. The molecule has 0 saturated carbocycles. The van der Waals surface area contributed by atoms with Gasteiger partial charge in [-0.1, -0.05) is 23.4 Å². The molecule has 4 nitrogen and oxygen atoms in total. The molecule has 0 aliphatic carbocycles. The van der Waals surface area contributed by atoms with Gasteiger partial charge < -0.3 is 0 Å². The van der Waals surface area contributed by atoms with E-state index in [1.807, 2.05) is 0 Å². The van der Waals surface area contributed by atoms with Crippen LogP contribution < -0.4 is 0 Å². The maximum absolute atomic E-state index is 11.1. The molecule has 0 aliphatic rings. The second-order valence-corrected chi connectivity index (χ2v) is 3.50. The van der Waals surface area contributed by atoms with Gasteiger partial charge in [-0.2, -0.15) is 8.42 Å². The SMILES string of the molecule is C=NOS(=O)(=O)c1ccccc1. The van der Waals surface area contributed by atoms with Crippen molar-refractivity contribution in [3.63, 3.8) is 0 Å². The molecule has 1 aromatic carbocycles. The Hall–Kier alpha value is -1.36. The van der Waals surface area contributed by atoms with Crippen LogP contribution in [0.2, 0.25) is 0 Å². The maximum atomic E-state index is 11.1. The van der Waals surface area contributed by atoms with E-state index in [0.717, 1.165) is 0 Å². The van der Waals surface area contributed by atoms with Crippen LogP contribution in [0.1, 0.15) is 0 Å². The minimum Gasteiger partial charge on any atom is -0.265 e. The Morgan fingerprint density at radius 2 is 1.83 bits per heavy atom. The van der Waals surface area contributed by atoms with Gasteiger partial charge >= 0.3 is 10.1 Å². The smallest absolute Gasteiger partial charge is 0.265 e. The van der Waals surface area contributed by atoms with Crippen LogP contribution in [0.15, 0.2) is 40.4 Å². The molecule has 0 radical (unpaired) electrons. The van der Waals surface area contributed by atoms with E-state index in [-0.39, 0.29) is 4.90 Å². The number of rotatable bonds is 3. The van der Waals surface area contributed by atoms with Gasteiger partial charge in [-0.3, -0.25) is 4.28 Å². The number of hydrogen-bond donors (Lipinski definition) is 0. The molecule has 0 amide bonds. The van der Waals surface area contributed by atoms with Crippen LogP contribution in [0.25, 0.3) is 0 Å². The highest BCUT2D eigenvalue weighted by molar-refractivity contribution is 7.86. The first-order valence-electron chi connectivity index (χ1n) is 3.11. The van der Waals surface area contributed by atoms with Crippen molar-refractivity contribution in [2.75, 3.05) is 0 Å². The lowest BCUT2D eigenvalue weighted by Crippen LogP contribution is -2.01. The van der Waals surface area contributed by atoms with Gasteiger partial charge in [0.25, 0.3) is 0 Å². The topological polar surface area (TPSA) is 55.7 Å². The average molecular weight is 185 g/mol. The largest absolute Gasteiger partial charge is 0.358 e. The molecule has 0 atom stereocenters. The number of benzene rings is 1. The minimum absolute atomic E-state index is 0.0670. The highest BCUT2D eigenvalue weighted by Crippen LogP contribution is 2.10. The minimum atomic E-state index is -3.74. The molecule has 64 valence electrons. The molecule has 0 aromatic heterocycles. The van der Waals surface area contributed by atoms with Gasteiger partial charge in [-0.25, -0.2) is 0 Å². The van der Waals surface area contributed by atoms with Crippen molar-refractivity contribution in [2.24, 2.45) is 5.16 Å². The van der Waals surface area contributed by atoms with Crippen molar-refractivity contribution >= 4 is 16.8 Å². The average Bonchev–Trinajstić information content (AvgIpc) is 2.06. The molecule has 0 heterocycles. The molecule has 0 aliphatic heterocycles. The van der Waals surface area contributed by atoms with E-state index in [1.165, 1.54) is 12.1 Å². The normalized spacial score (nSPS) is 10.7. The Balaban J connectivity index is 3.07. The predicted octanol–water partition coefficient (Wildman–Crippen LogP) is 1.01. The van der Waals surface area contributed by atoms with Crippen LogP contribution in [-0.2, 0) is 14.4 Å². The Morgan fingerprint density at radius 3 is 2.33 bits per heavy atom. The van der Waals surface area contributed by atoms with Gasteiger partial charge in [0.2, 0.25) is 0 Å². The zero-order valence-electron chi connectivity index (χ0n) is 6.17. The van der Waals surface area contributed by atoms with Gasteiger partial charge in [0.1, 0.15) is 4.90 Å². The highest BCUT2D eigenvalue weighted by atomic mass is 32.2. The molecule has 0 spiro atoms. The first-order chi connectivity index (χ1) is 5.67. The summed E-state index contributed by atoms with van der Waals surface area (Å²) in [6, 6.07) is 7.74. The van der Waals surface area contributed by atoms with Crippen molar-refractivity contribution < 1.29 is 12.7 Å². The molecule has 0 N–H and O–H groups in total. The Bertz CT molecular complexity index is 357. The van der Waals surface area contributed by atoms with Crippen molar-refractivity contribution in [3.05, 3.63) is 30.3 Å². The van der Waals surface area contributed by atoms with E-state index < -0.39 is 10.1 Å². The summed E-state index contributed by atoms with van der Waals surface area (Å²) < 4.78 is 26.3. The van der Waals surface area contributed by atoms with Crippen LogP contribution >= 0.6 is 0 Å². The van der Waals surface area contributed by atoms with E-state index >= 15 is 0 Å². The van der Waals surface area contributed by atoms with Crippen LogP contribution in [0.3, 0.4) is 0 Å². The van der Waals surface area contributed by atoms with Crippen molar-refractivity contribution in [1.29, 1.82) is 0 Å². The van der Waals surface area contributed by atoms with Crippen molar-refractivity contribution in [2.45, 2.75) is 4.90 Å². The van der Waals surface area contributed by atoms with Crippen LogP contribution in [0.5, 0.6) is 0 Å². The zero-order valence-corrected chi connectivity index (χ0v) is 6.99. The summed E-state index contributed by atoms with van der Waals surface area (Å²) in [7, 11) is -3.74. The summed E-state index contributed by atoms with van der Waals surface area (Å²) in [5, 5.41) is 2.85. The summed E-state index contributed by atoms with van der Waals surface area (Å²) in [6.07, 6.45) is 0. The van der Waals surface area contributed by atoms with Gasteiger partial charge in [-0.05, 0) is 12.1 Å². The second kappa shape index (κ2) is 3.36. The predicted molar refractivity (Wildman–Crippen MR) is 44.3 cm³/mol. The Kier molecular flexibility index (Phi) is 2.44. The van der Waals surface area contributed by atoms with E-state index in [1.54, 1.807) is 18.2 Å². The van der Waals surface area contributed by atoms with Crippen molar-refractivity contribution in [1.82, 2.24) is 0 Å². The molecule has 0 saturated heterocycles. The van der Waals surface area contributed by atoms with Crippen LogP contribution in [0.4, 0.5) is 0 Å². The quantitative estimate of drug-likeness (QED) is 0.521. The maximum Gasteiger partial charge on any atom is 0.358 e. The molecule has 1 aromatic rings. The van der Waals surface area contributed by atoms with E-state index in [9.17, 15) is 8.42 Å². The van der Waals surface area contributed by atoms with Crippen molar-refractivity contribution in [3.8, 4) is 0 Å². The first kappa shape index (κ1) is 8.73. The molecular formula is C7H7NO3S. The van der Waals surface area contributed by atoms with Gasteiger partial charge in [-0.15, -0.1) is 0 Å². The van der Waals surface area contributed by atoms with Gasteiger partial charge in [0, 0.05) is 6.72 Å². The molecule has 0 bridgehead atoms. The Morgan fingerprint density at radius 1 is 1.25 bits per heavy atom. The fourth-order valence-electron chi connectivity index (χ4n) is 0.700. The van der Waals surface area contributed by atoms with Crippen LogP contribution in [0, 0.1) is 0 Å². The summed E-state index contributed by atoms with van der Waals surface area (Å²) >= 11 is 0. The van der Waals surface area contributed by atoms with Gasteiger partial charge in [0.15, 0.2) is 0 Å². The molecule has 1 rings (SSSR count). The number of oxime groups is 1. The number of hydrogen-bond acceptors (Lipinski definition) is 4. The number of nitrogens with zero attached hydrogens (tertiary/aromatic N) is 1. The second-order valence-electron chi connectivity index (χ2n) is 1.97. The zero-order chi connectivity index (χ0) is 9.03. The standard InChI is InChI=1S/C7H7NO3S/c1-8-11-12(9,10)7-5-3-2-4-6-7/h2-6H,1H2. The van der Waals surface area contributed by atoms with Gasteiger partial charge in [0.05, 0.1) is 0 Å². The van der Waals surface area contributed by atoms with Crippen LogP contribution in [-0.4, -0.2) is 15.1 Å². The van der Waals surface area contributed by atoms with E-state index in [4.69, 9.17) is 0 Å². The molecule has 0 fully saturated rings. The summed E-state index contributed by atoms with van der Waals surface area (Å²) in [4.78, 5) is 0.0670. The molecule has 5 heteroatoms. The van der Waals surface area contributed by atoms with E-state index in [2.05, 4.69) is 16.2 Å². The molecule has 12 heavy (non-hydrogen) atoms. The third-order valence-electron chi connectivity index (χ3n) is 1.18. The highest BCUT2D eigenvalue weighted by Gasteiger charge is 2.13. The fourth-order valence-corrected chi connectivity index (χ4v) is 1.41. The lowest BCUT2D eigenvalue weighted by molar-refractivity contribution is 0.342. The lowest BCUT2D eigenvalue weighted by atomic mass is 10.4. The van der Waals surface area contributed by atoms with E-state index in [0.29, 0.717) is 0 Å². The summed E-state index contributed by atoms with van der Waals surface area (Å²) in [5.41, 5.74) is 0. The lowest BCUT2D eigenvalue weighted by Gasteiger charge is -1.98. The third kappa shape index (κ3) is 1.82. The Labute approximate surface area is 70.6 Å². The molecule has 0 unspecified atom stereocenters. The summed E-state index contributed by atoms with van der Waals surface area (Å²) in [5.74, 6) is 0. The monoisotopic (exact) mass is 185 g/mol.